The van der Waals surface area contributed by atoms with E-state index in [-0.39, 0.29) is 54.1 Å². The number of hydrogen-bond acceptors (Lipinski definition) is 9. The summed E-state index contributed by atoms with van der Waals surface area (Å²) in [5, 5.41) is 0. The number of pyridine rings is 3. The third-order valence-electron chi connectivity index (χ3n) is 16.0. The van der Waals surface area contributed by atoms with Crippen molar-refractivity contribution >= 4 is 0 Å². The molecule has 6 aromatic heterocycles. The van der Waals surface area contributed by atoms with Gasteiger partial charge in [0, 0.05) is 115 Å². The predicted molar refractivity (Wildman–Crippen MR) is 401 cm³/mol. The van der Waals surface area contributed by atoms with E-state index in [4.69, 9.17) is 4.98 Å². The van der Waals surface area contributed by atoms with Crippen molar-refractivity contribution < 1.29 is 0 Å². The largest absolute Gasteiger partial charge is 0.261 e. The fraction of sp³-hybridized carbons (Fsp3) is 0.471. The van der Waals surface area contributed by atoms with Crippen LogP contribution in [0, 0.1) is 0 Å². The van der Waals surface area contributed by atoms with Crippen molar-refractivity contribution in [1.82, 2.24) is 44.9 Å². The van der Waals surface area contributed by atoms with Gasteiger partial charge in [-0.05, 0) is 91.4 Å². The molecular weight excluding hydrogens is 1150 g/mol. The molecule has 0 saturated carbocycles. The van der Waals surface area contributed by atoms with Crippen LogP contribution in [-0.4, -0.2) is 44.9 Å². The van der Waals surface area contributed by atoms with E-state index in [1.807, 2.05) is 61.8 Å². The van der Waals surface area contributed by atoms with Gasteiger partial charge in [0.2, 0.25) is 0 Å². The Kier molecular flexibility index (Phi) is 24.6. The van der Waals surface area contributed by atoms with Crippen molar-refractivity contribution in [2.24, 2.45) is 0 Å². The van der Waals surface area contributed by atoms with E-state index in [9.17, 15) is 0 Å². The summed E-state index contributed by atoms with van der Waals surface area (Å²) in [4.78, 5) is 40.9. The molecule has 0 radical (unpaired) electrons. The van der Waals surface area contributed by atoms with Crippen molar-refractivity contribution in [2.45, 2.75) is 262 Å². The highest BCUT2D eigenvalue weighted by Gasteiger charge is 2.24. The van der Waals surface area contributed by atoms with Crippen LogP contribution >= 0.6 is 0 Å². The first kappa shape index (κ1) is 77.1. The van der Waals surface area contributed by atoms with Crippen LogP contribution in [0.3, 0.4) is 0 Å². The van der Waals surface area contributed by atoms with E-state index in [2.05, 4.69) is 351 Å². The van der Waals surface area contributed by atoms with Crippen molar-refractivity contribution in [3.05, 3.63) is 222 Å². The van der Waals surface area contributed by atoms with Gasteiger partial charge in [-0.2, -0.15) is 0 Å². The molecule has 94 heavy (non-hydrogen) atoms. The lowest BCUT2D eigenvalue weighted by Gasteiger charge is -2.22. The lowest BCUT2D eigenvalue weighted by atomic mass is 9.85. The predicted octanol–water partition coefficient (Wildman–Crippen LogP) is 22.6. The maximum atomic E-state index is 4.77. The molecular formula is C85H117N9. The Balaban J connectivity index is 0.000000214. The smallest absolute Gasteiger partial charge is 0.133 e. The van der Waals surface area contributed by atoms with E-state index < -0.39 is 0 Å². The molecule has 0 N–H and O–H groups in total. The van der Waals surface area contributed by atoms with Crippen LogP contribution in [0.5, 0.6) is 0 Å². The minimum Gasteiger partial charge on any atom is -0.261 e. The van der Waals surface area contributed by atoms with Crippen molar-refractivity contribution in [1.29, 1.82) is 0 Å². The summed E-state index contributed by atoms with van der Waals surface area (Å²) >= 11 is 0. The van der Waals surface area contributed by atoms with Gasteiger partial charge < -0.3 is 0 Å². The molecule has 3 aromatic carbocycles. The van der Waals surface area contributed by atoms with E-state index in [0.717, 1.165) is 67.9 Å². The Labute approximate surface area is 569 Å². The summed E-state index contributed by atoms with van der Waals surface area (Å²) in [6.07, 6.45) is 17.2. The molecule has 9 nitrogen and oxygen atoms in total. The maximum Gasteiger partial charge on any atom is 0.133 e. The van der Waals surface area contributed by atoms with E-state index in [1.54, 1.807) is 0 Å². The standard InChI is InChI=1S/4C18H24N2.C13H21N/c1-17(2,3)15-8-7-14(12-20-15)13-9-10-19-16(11-13)18(4,5)6;1-17(2,3)15-9-7-8-13(10-15)14-11-19-16(20-12-14)18(4,5)6;1-17(2,3)14-9-7-8-13(10-14)15-11-20-16(12-19-15)18(4,5)6;1-17(2,3)14-9-7-8-13(10-14)15-11-19-12-16(20-15)18(4,5)6;1-12(2,3)10-7-8-11(14-9-10)13(4,5)6/h4*7-12H,1-6H3;7-9H,1-6H3. The second-order valence-electron chi connectivity index (χ2n) is 35.4. The van der Waals surface area contributed by atoms with Gasteiger partial charge in [0.05, 0.1) is 35.2 Å². The summed E-state index contributed by atoms with van der Waals surface area (Å²) in [6, 6.07) is 38.6. The fourth-order valence-electron chi connectivity index (χ4n) is 9.36. The van der Waals surface area contributed by atoms with Crippen LogP contribution in [0.15, 0.2) is 165 Å². The number of hydrogen-bond donors (Lipinski definition) is 0. The Morgan fingerprint density at radius 1 is 0.213 bits per heavy atom. The van der Waals surface area contributed by atoms with Gasteiger partial charge in [-0.3, -0.25) is 29.9 Å². The van der Waals surface area contributed by atoms with Gasteiger partial charge >= 0.3 is 0 Å². The van der Waals surface area contributed by atoms with E-state index in [0.29, 0.717) is 0 Å². The molecule has 0 atom stereocenters. The number of nitrogens with zero attached hydrogens (tertiary/aromatic N) is 9. The molecule has 0 aliphatic rings. The highest BCUT2D eigenvalue weighted by atomic mass is 14.9. The Hall–Kier alpha value is -7.65. The van der Waals surface area contributed by atoms with Crippen LogP contribution in [0.1, 0.15) is 264 Å². The van der Waals surface area contributed by atoms with Crippen LogP contribution < -0.4 is 0 Å². The molecule has 0 aliphatic carbocycles. The van der Waals surface area contributed by atoms with E-state index in [1.165, 1.54) is 33.4 Å². The lowest BCUT2D eigenvalue weighted by Crippen LogP contribution is -2.16. The fourth-order valence-corrected chi connectivity index (χ4v) is 9.36. The molecule has 9 aromatic rings. The second-order valence-corrected chi connectivity index (χ2v) is 35.4. The lowest BCUT2D eigenvalue weighted by molar-refractivity contribution is 0.545. The van der Waals surface area contributed by atoms with Gasteiger partial charge in [0.25, 0.3) is 0 Å². The highest BCUT2D eigenvalue weighted by molar-refractivity contribution is 5.65. The summed E-state index contributed by atoms with van der Waals surface area (Å²) in [6.45, 7) is 65.6. The van der Waals surface area contributed by atoms with Crippen LogP contribution in [0.2, 0.25) is 0 Å². The molecule has 9 heteroatoms. The number of benzene rings is 3. The SMILES string of the molecule is CC(C)(C)c1ccc(-c2ccnc(C(C)(C)C)c2)cn1.CC(C)(C)c1ccc(C(C)(C)C)nc1.CC(C)(C)c1cccc(-c2cnc(C(C)(C)C)cn2)c1.CC(C)(C)c1cccc(-c2cnc(C(C)(C)C)nc2)c1.CC(C)(C)c1cccc(-c2cncc(C(C)(C)C)n2)c1. The molecule has 502 valence electrons. The van der Waals surface area contributed by atoms with E-state index >= 15 is 0 Å². The average Bonchev–Trinajstić information content (AvgIpc) is 0.847. The third-order valence-corrected chi connectivity index (χ3v) is 16.0. The normalized spacial score (nSPS) is 12.6. The summed E-state index contributed by atoms with van der Waals surface area (Å²) in [5.41, 5.74) is 20.4. The van der Waals surface area contributed by atoms with Crippen molar-refractivity contribution in [3.8, 4) is 44.8 Å². The zero-order valence-electron chi connectivity index (χ0n) is 63.6. The summed E-state index contributed by atoms with van der Waals surface area (Å²) < 4.78 is 0. The molecule has 0 bridgehead atoms. The highest BCUT2D eigenvalue weighted by Crippen LogP contribution is 2.33. The van der Waals surface area contributed by atoms with Crippen LogP contribution in [0.4, 0.5) is 0 Å². The first-order valence-electron chi connectivity index (χ1n) is 33.6. The monoisotopic (exact) mass is 1260 g/mol. The van der Waals surface area contributed by atoms with Crippen LogP contribution in [0.25, 0.3) is 44.8 Å². The minimum atomic E-state index is -0.00815. The zero-order chi connectivity index (χ0) is 70.8. The summed E-state index contributed by atoms with van der Waals surface area (Å²) in [5.74, 6) is 0.883. The molecule has 6 heterocycles. The summed E-state index contributed by atoms with van der Waals surface area (Å²) in [7, 11) is 0. The molecule has 0 amide bonds. The first-order valence-corrected chi connectivity index (χ1v) is 33.6. The van der Waals surface area contributed by atoms with Gasteiger partial charge in [0.15, 0.2) is 0 Å². The molecule has 9 rings (SSSR count). The quantitative estimate of drug-likeness (QED) is 0.170. The third kappa shape index (κ3) is 23.4. The second kappa shape index (κ2) is 30.0. The first-order chi connectivity index (χ1) is 42.9. The Bertz CT molecular complexity index is 3470. The van der Waals surface area contributed by atoms with Gasteiger partial charge in [-0.15, -0.1) is 0 Å². The van der Waals surface area contributed by atoms with Crippen molar-refractivity contribution in [2.75, 3.05) is 0 Å². The zero-order valence-corrected chi connectivity index (χ0v) is 63.6. The molecule has 0 saturated heterocycles. The maximum absolute atomic E-state index is 4.77. The molecule has 0 spiro atoms. The Morgan fingerprint density at radius 2 is 0.617 bits per heavy atom. The van der Waals surface area contributed by atoms with Crippen LogP contribution in [-0.2, 0) is 54.1 Å². The number of aromatic nitrogens is 9. The van der Waals surface area contributed by atoms with Crippen molar-refractivity contribution in [3.63, 3.8) is 0 Å². The Morgan fingerprint density at radius 3 is 1.01 bits per heavy atom. The average molecular weight is 1260 g/mol. The topological polar surface area (TPSA) is 116 Å². The van der Waals surface area contributed by atoms with Gasteiger partial charge in [-0.25, -0.2) is 15.0 Å². The molecule has 0 unspecified atom stereocenters. The number of rotatable bonds is 4. The molecule has 0 aliphatic heterocycles. The molecule has 0 fully saturated rings. The minimum absolute atomic E-state index is 0.00815. The van der Waals surface area contributed by atoms with Gasteiger partial charge in [0.1, 0.15) is 5.82 Å². The van der Waals surface area contributed by atoms with Gasteiger partial charge in [-0.1, -0.05) is 281 Å².